The van der Waals surface area contributed by atoms with Crippen LogP contribution in [-0.4, -0.2) is 29.0 Å². The third-order valence-electron chi connectivity index (χ3n) is 5.90. The van der Waals surface area contributed by atoms with Crippen molar-refractivity contribution in [2.24, 2.45) is 17.1 Å². The van der Waals surface area contributed by atoms with Crippen LogP contribution in [0.1, 0.15) is 74.3 Å². The van der Waals surface area contributed by atoms with E-state index < -0.39 is 0 Å². The highest BCUT2D eigenvalue weighted by atomic mass is 16.1. The van der Waals surface area contributed by atoms with Crippen LogP contribution in [0.5, 0.6) is 0 Å². The van der Waals surface area contributed by atoms with E-state index in [1.807, 2.05) is 0 Å². The van der Waals surface area contributed by atoms with Gasteiger partial charge in [0, 0.05) is 24.3 Å². The summed E-state index contributed by atoms with van der Waals surface area (Å²) in [6.07, 6.45) is 6.30. The van der Waals surface area contributed by atoms with Crippen LogP contribution in [0.3, 0.4) is 0 Å². The first kappa shape index (κ1) is 19.9. The number of carbonyl (C=O) groups excluding carboxylic acids is 1. The first-order valence-corrected chi connectivity index (χ1v) is 10.4. The Balaban J connectivity index is 2.01. The first-order chi connectivity index (χ1) is 12.8. The minimum Gasteiger partial charge on any atom is -0.349 e. The summed E-state index contributed by atoms with van der Waals surface area (Å²) >= 11 is 0. The number of nitrogens with zero attached hydrogens (tertiary/aromatic N) is 1. The maximum atomic E-state index is 12.6. The average molecular weight is 371 g/mol. The summed E-state index contributed by atoms with van der Waals surface area (Å²) in [7, 11) is 0. The minimum absolute atomic E-state index is 0.0740. The molecule has 5 heteroatoms. The SMILES string of the molecule is CCCCc1c(C(=O)NCCN)[nH]c2cc3c(nc12)CCC(C(C)(C)C)C3. The Labute approximate surface area is 162 Å². The summed E-state index contributed by atoms with van der Waals surface area (Å²) in [5.41, 5.74) is 12.1. The molecule has 0 saturated heterocycles. The van der Waals surface area contributed by atoms with Crippen molar-refractivity contribution in [3.05, 3.63) is 28.6 Å². The number of H-pyrrole nitrogens is 1. The molecule has 2 aromatic rings. The van der Waals surface area contributed by atoms with E-state index in [0.29, 0.717) is 30.1 Å². The van der Waals surface area contributed by atoms with E-state index in [2.05, 4.69) is 44.1 Å². The van der Waals surface area contributed by atoms with E-state index in [4.69, 9.17) is 10.7 Å². The van der Waals surface area contributed by atoms with E-state index >= 15 is 0 Å². The zero-order valence-electron chi connectivity index (χ0n) is 17.2. The van der Waals surface area contributed by atoms with E-state index in [0.717, 1.165) is 48.7 Å². The van der Waals surface area contributed by atoms with Gasteiger partial charge in [-0.05, 0) is 55.1 Å². The lowest BCUT2D eigenvalue weighted by atomic mass is 9.71. The third-order valence-corrected chi connectivity index (χ3v) is 5.90. The smallest absolute Gasteiger partial charge is 0.268 e. The number of hydrogen-bond donors (Lipinski definition) is 3. The van der Waals surface area contributed by atoms with Gasteiger partial charge in [-0.1, -0.05) is 34.1 Å². The number of aromatic nitrogens is 2. The predicted molar refractivity (Wildman–Crippen MR) is 111 cm³/mol. The van der Waals surface area contributed by atoms with Gasteiger partial charge in [-0.3, -0.25) is 9.78 Å². The zero-order chi connectivity index (χ0) is 19.6. The molecule has 5 nitrogen and oxygen atoms in total. The van der Waals surface area contributed by atoms with Crippen molar-refractivity contribution in [1.29, 1.82) is 0 Å². The second-order valence-corrected chi connectivity index (χ2v) is 8.92. The summed E-state index contributed by atoms with van der Waals surface area (Å²) in [6.45, 7) is 10.1. The normalized spacial score (nSPS) is 17.1. The third kappa shape index (κ3) is 4.18. The van der Waals surface area contributed by atoms with Crippen LogP contribution >= 0.6 is 0 Å². The number of aryl methyl sites for hydroxylation is 2. The lowest BCUT2D eigenvalue weighted by Crippen LogP contribution is -2.29. The highest BCUT2D eigenvalue weighted by Crippen LogP contribution is 2.38. The van der Waals surface area contributed by atoms with E-state index in [1.54, 1.807) is 0 Å². The first-order valence-electron chi connectivity index (χ1n) is 10.4. The molecule has 1 atom stereocenters. The van der Waals surface area contributed by atoms with Gasteiger partial charge in [0.15, 0.2) is 0 Å². The van der Waals surface area contributed by atoms with Gasteiger partial charge in [-0.25, -0.2) is 0 Å². The predicted octanol–water partition coefficient (Wildman–Crippen LogP) is 3.75. The summed E-state index contributed by atoms with van der Waals surface area (Å²) in [4.78, 5) is 21.0. The van der Waals surface area contributed by atoms with Crippen LogP contribution in [-0.2, 0) is 19.3 Å². The van der Waals surface area contributed by atoms with Crippen molar-refractivity contribution in [1.82, 2.24) is 15.3 Å². The van der Waals surface area contributed by atoms with Crippen molar-refractivity contribution in [2.75, 3.05) is 13.1 Å². The average Bonchev–Trinajstić information content (AvgIpc) is 2.98. The number of pyridine rings is 1. The van der Waals surface area contributed by atoms with Gasteiger partial charge in [0.1, 0.15) is 5.69 Å². The molecule has 148 valence electrons. The van der Waals surface area contributed by atoms with Crippen LogP contribution in [0.4, 0.5) is 0 Å². The molecule has 4 N–H and O–H groups in total. The Hall–Kier alpha value is -1.88. The van der Waals surface area contributed by atoms with Gasteiger partial charge in [-0.2, -0.15) is 0 Å². The Morgan fingerprint density at radius 1 is 1.41 bits per heavy atom. The lowest BCUT2D eigenvalue weighted by Gasteiger charge is -2.34. The number of unbranched alkanes of at least 4 members (excludes halogenated alkanes) is 1. The summed E-state index contributed by atoms with van der Waals surface area (Å²) in [5.74, 6) is 0.598. The van der Waals surface area contributed by atoms with Crippen molar-refractivity contribution in [3.63, 3.8) is 0 Å². The van der Waals surface area contributed by atoms with Gasteiger partial charge >= 0.3 is 0 Å². The summed E-state index contributed by atoms with van der Waals surface area (Å²) in [5, 5.41) is 2.90. The second kappa shape index (κ2) is 8.01. The molecule has 1 amide bonds. The quantitative estimate of drug-likeness (QED) is 0.724. The van der Waals surface area contributed by atoms with Gasteiger partial charge in [0.05, 0.1) is 11.0 Å². The molecule has 1 unspecified atom stereocenters. The van der Waals surface area contributed by atoms with Gasteiger partial charge in [-0.15, -0.1) is 0 Å². The van der Waals surface area contributed by atoms with Crippen LogP contribution in [0.2, 0.25) is 0 Å². The van der Waals surface area contributed by atoms with Crippen molar-refractivity contribution >= 4 is 16.9 Å². The van der Waals surface area contributed by atoms with E-state index in [-0.39, 0.29) is 5.91 Å². The number of nitrogens with two attached hydrogens (primary N) is 1. The molecular weight excluding hydrogens is 336 g/mol. The summed E-state index contributed by atoms with van der Waals surface area (Å²) in [6, 6.07) is 2.24. The number of aromatic amines is 1. The maximum Gasteiger partial charge on any atom is 0.268 e. The molecular formula is C22H34N4O. The maximum absolute atomic E-state index is 12.6. The molecule has 0 fully saturated rings. The van der Waals surface area contributed by atoms with Gasteiger partial charge in [0.2, 0.25) is 0 Å². The molecule has 0 radical (unpaired) electrons. The van der Waals surface area contributed by atoms with E-state index in [1.165, 1.54) is 17.7 Å². The number of fused-ring (bicyclic) bond motifs is 2. The number of rotatable bonds is 6. The number of hydrogen-bond acceptors (Lipinski definition) is 3. The molecule has 2 heterocycles. The van der Waals surface area contributed by atoms with Gasteiger partial charge in [0.25, 0.3) is 5.91 Å². The van der Waals surface area contributed by atoms with Crippen molar-refractivity contribution in [3.8, 4) is 0 Å². The minimum atomic E-state index is -0.0740. The van der Waals surface area contributed by atoms with E-state index in [9.17, 15) is 4.79 Å². The van der Waals surface area contributed by atoms with Crippen molar-refractivity contribution in [2.45, 2.75) is 66.2 Å². The van der Waals surface area contributed by atoms with Gasteiger partial charge < -0.3 is 16.0 Å². The fraction of sp³-hybridized carbons (Fsp3) is 0.636. The number of nitrogens with one attached hydrogen (secondary N) is 2. The largest absolute Gasteiger partial charge is 0.349 e. The molecule has 0 aliphatic heterocycles. The molecule has 0 aromatic carbocycles. The summed E-state index contributed by atoms with van der Waals surface area (Å²) < 4.78 is 0. The molecule has 27 heavy (non-hydrogen) atoms. The number of carbonyl (C=O) groups is 1. The van der Waals surface area contributed by atoms with Crippen LogP contribution in [0.25, 0.3) is 11.0 Å². The highest BCUT2D eigenvalue weighted by molar-refractivity contribution is 6.00. The van der Waals surface area contributed by atoms with Crippen LogP contribution in [0, 0.1) is 11.3 Å². The van der Waals surface area contributed by atoms with Crippen LogP contribution < -0.4 is 11.1 Å². The Morgan fingerprint density at radius 2 is 2.19 bits per heavy atom. The molecule has 1 aliphatic carbocycles. The Kier molecular flexibility index (Phi) is 5.89. The Morgan fingerprint density at radius 3 is 2.85 bits per heavy atom. The topological polar surface area (TPSA) is 83.8 Å². The standard InChI is InChI=1S/C22H34N4O/c1-5-6-7-16-19-18(26-20(16)21(27)24-11-10-23)13-14-12-15(22(2,3)4)8-9-17(14)25-19/h13,15,26H,5-12,23H2,1-4H3,(H,24,27). The zero-order valence-corrected chi connectivity index (χ0v) is 17.2. The Bertz CT molecular complexity index is 816. The monoisotopic (exact) mass is 370 g/mol. The molecule has 2 aromatic heterocycles. The molecule has 1 aliphatic rings. The van der Waals surface area contributed by atoms with Crippen LogP contribution in [0.15, 0.2) is 6.07 Å². The fourth-order valence-corrected chi connectivity index (χ4v) is 4.12. The molecule has 0 saturated carbocycles. The van der Waals surface area contributed by atoms with Crippen molar-refractivity contribution < 1.29 is 4.79 Å². The second-order valence-electron chi connectivity index (χ2n) is 8.92. The fourth-order valence-electron chi connectivity index (χ4n) is 4.12. The highest BCUT2D eigenvalue weighted by Gasteiger charge is 2.30. The molecule has 3 rings (SSSR count). The number of amides is 1. The lowest BCUT2D eigenvalue weighted by molar-refractivity contribution is 0.0949. The molecule has 0 spiro atoms. The molecule has 0 bridgehead atoms.